The zero-order chi connectivity index (χ0) is 27.4. The van der Waals surface area contributed by atoms with Gasteiger partial charge in [0.05, 0.1) is 35.4 Å². The summed E-state index contributed by atoms with van der Waals surface area (Å²) in [6.45, 7) is 8.40. The summed E-state index contributed by atoms with van der Waals surface area (Å²) < 4.78 is 17.1. The zero-order valence-electron chi connectivity index (χ0n) is 20.8. The summed E-state index contributed by atoms with van der Waals surface area (Å²) in [6, 6.07) is 9.39. The number of halogens is 1. The molecule has 1 N–H and O–H groups in total. The van der Waals surface area contributed by atoms with Crippen LogP contribution >= 0.6 is 0 Å². The van der Waals surface area contributed by atoms with E-state index in [1.807, 2.05) is 4.90 Å². The van der Waals surface area contributed by atoms with Crippen LogP contribution in [0.5, 0.6) is 0 Å². The highest BCUT2D eigenvalue weighted by Crippen LogP contribution is 2.38. The van der Waals surface area contributed by atoms with Gasteiger partial charge in [-0.2, -0.15) is 0 Å². The number of hydrogen-bond donors (Lipinski definition) is 1. The Balaban J connectivity index is 1.26. The molecular formula is C29H23FN4O5. The second-order valence-corrected chi connectivity index (χ2v) is 10.0. The molecular weight excluding hydrogens is 503 g/mol. The first-order chi connectivity index (χ1) is 18.8. The van der Waals surface area contributed by atoms with E-state index in [0.29, 0.717) is 54.0 Å². The van der Waals surface area contributed by atoms with Crippen LogP contribution in [-0.2, 0) is 0 Å². The largest absolute Gasteiger partial charge is 0.477 e. The number of piperidine rings is 1. The molecule has 0 spiro atoms. The van der Waals surface area contributed by atoms with Crippen LogP contribution in [-0.4, -0.2) is 52.0 Å². The van der Waals surface area contributed by atoms with Crippen molar-refractivity contribution in [2.45, 2.75) is 31.7 Å². The minimum Gasteiger partial charge on any atom is -0.477 e. The molecule has 0 atom stereocenters. The Morgan fingerprint density at radius 1 is 1.05 bits per heavy atom. The number of aromatic carboxylic acids is 1. The third-order valence-electron chi connectivity index (χ3n) is 7.71. The van der Waals surface area contributed by atoms with E-state index in [0.717, 1.165) is 29.4 Å². The number of amides is 2. The van der Waals surface area contributed by atoms with Crippen LogP contribution in [0, 0.1) is 12.4 Å². The summed E-state index contributed by atoms with van der Waals surface area (Å²) >= 11 is 0. The maximum atomic E-state index is 15.3. The van der Waals surface area contributed by atoms with Gasteiger partial charge in [0.2, 0.25) is 5.43 Å². The predicted molar refractivity (Wildman–Crippen MR) is 140 cm³/mol. The van der Waals surface area contributed by atoms with E-state index in [-0.39, 0.29) is 23.5 Å². The van der Waals surface area contributed by atoms with Crippen LogP contribution < -0.4 is 10.3 Å². The van der Waals surface area contributed by atoms with Crippen molar-refractivity contribution in [2.75, 3.05) is 24.5 Å². The molecule has 0 unspecified atom stereocenters. The molecule has 6 rings (SSSR count). The van der Waals surface area contributed by atoms with Crippen molar-refractivity contribution in [1.29, 1.82) is 0 Å². The topological polar surface area (TPSA) is 104 Å². The highest BCUT2D eigenvalue weighted by atomic mass is 19.1. The number of imide groups is 1. The molecule has 39 heavy (non-hydrogen) atoms. The molecule has 10 heteroatoms. The Morgan fingerprint density at radius 2 is 1.69 bits per heavy atom. The van der Waals surface area contributed by atoms with Crippen LogP contribution in [0.2, 0.25) is 0 Å². The smallest absolute Gasteiger partial charge is 0.341 e. The van der Waals surface area contributed by atoms with Gasteiger partial charge in [0.1, 0.15) is 11.4 Å². The van der Waals surface area contributed by atoms with Gasteiger partial charge in [-0.25, -0.2) is 14.0 Å². The lowest BCUT2D eigenvalue weighted by molar-refractivity contribution is 0.0663. The van der Waals surface area contributed by atoms with E-state index >= 15 is 4.39 Å². The number of benzene rings is 2. The molecule has 1 saturated heterocycles. The lowest BCUT2D eigenvalue weighted by Gasteiger charge is -2.32. The van der Waals surface area contributed by atoms with Crippen LogP contribution in [0.25, 0.3) is 15.7 Å². The fourth-order valence-corrected chi connectivity index (χ4v) is 5.47. The van der Waals surface area contributed by atoms with Crippen molar-refractivity contribution in [3.8, 4) is 0 Å². The predicted octanol–water partition coefficient (Wildman–Crippen LogP) is 4.24. The molecule has 1 aromatic heterocycles. The number of aromatic nitrogens is 1. The molecule has 196 valence electrons. The summed E-state index contributed by atoms with van der Waals surface area (Å²) in [4.78, 5) is 56.4. The van der Waals surface area contributed by atoms with Crippen molar-refractivity contribution < 1.29 is 23.9 Å². The quantitative estimate of drug-likeness (QED) is 0.394. The Bertz CT molecular complexity index is 1680. The minimum atomic E-state index is -1.34. The van der Waals surface area contributed by atoms with Crippen LogP contribution in [0.3, 0.4) is 0 Å². The number of nitrogens with zero attached hydrogens (tertiary/aromatic N) is 4. The van der Waals surface area contributed by atoms with E-state index in [1.165, 1.54) is 6.20 Å². The molecule has 2 aromatic carbocycles. The number of carbonyl (C=O) groups is 3. The van der Waals surface area contributed by atoms with Gasteiger partial charge in [0, 0.05) is 30.7 Å². The number of fused-ring (bicyclic) bond motifs is 2. The molecule has 2 fully saturated rings. The average Bonchev–Trinajstić information content (AvgIpc) is 3.75. The standard InChI is InChI=1S/C29H23FN4O5/c1-31-23(15-34-27(36)18-4-2-3-5-19(18)28(34)37)16-8-10-32(11-9-16)25-13-24-20(12-22(25)30)26(35)21(29(38)39)14-33(24)17-6-7-17/h2-5,12-14,17H,6-11,15H2,(H,38,39). The van der Waals surface area contributed by atoms with Gasteiger partial charge < -0.3 is 14.6 Å². The van der Waals surface area contributed by atoms with Gasteiger partial charge >= 0.3 is 5.97 Å². The van der Waals surface area contributed by atoms with Gasteiger partial charge in [-0.3, -0.25) is 19.3 Å². The third-order valence-corrected chi connectivity index (χ3v) is 7.71. The molecule has 3 aliphatic rings. The number of pyridine rings is 1. The summed E-state index contributed by atoms with van der Waals surface area (Å²) in [7, 11) is 0. The Kier molecular flexibility index (Phi) is 5.79. The van der Waals surface area contributed by atoms with Crippen molar-refractivity contribution in [1.82, 2.24) is 9.47 Å². The lowest BCUT2D eigenvalue weighted by atomic mass is 10.00. The Morgan fingerprint density at radius 3 is 2.26 bits per heavy atom. The summed E-state index contributed by atoms with van der Waals surface area (Å²) in [5.74, 6) is -2.79. The van der Waals surface area contributed by atoms with Gasteiger partial charge in [-0.1, -0.05) is 17.7 Å². The van der Waals surface area contributed by atoms with Crippen molar-refractivity contribution in [3.63, 3.8) is 0 Å². The van der Waals surface area contributed by atoms with Crippen LogP contribution in [0.4, 0.5) is 10.1 Å². The number of hydrogen-bond acceptors (Lipinski definition) is 5. The molecule has 0 radical (unpaired) electrons. The maximum Gasteiger partial charge on any atom is 0.341 e. The first-order valence-corrected chi connectivity index (χ1v) is 12.7. The number of anilines is 1. The maximum absolute atomic E-state index is 15.3. The molecule has 9 nitrogen and oxygen atoms in total. The second kappa shape index (κ2) is 9.20. The minimum absolute atomic E-state index is 0.0388. The van der Waals surface area contributed by atoms with Crippen LogP contribution in [0.1, 0.15) is 62.8 Å². The SMILES string of the molecule is [C-]#[N+]C(CN1C(=O)c2ccccc2C1=O)=C1CCN(c2cc3c(cc2F)c(=O)c(C(=O)O)cn3C2CC2)CC1. The van der Waals surface area contributed by atoms with Crippen LogP contribution in [0.15, 0.2) is 58.7 Å². The number of carboxylic acids is 1. The monoisotopic (exact) mass is 526 g/mol. The molecule has 2 amide bonds. The first-order valence-electron chi connectivity index (χ1n) is 12.7. The Labute approximate surface area is 222 Å². The summed E-state index contributed by atoms with van der Waals surface area (Å²) in [6.07, 6.45) is 3.96. The normalized spacial score (nSPS) is 17.0. The third kappa shape index (κ3) is 4.07. The van der Waals surface area contributed by atoms with Gasteiger partial charge in [-0.05, 0) is 49.9 Å². The van der Waals surface area contributed by atoms with E-state index in [9.17, 15) is 24.3 Å². The molecule has 0 bridgehead atoms. The molecule has 2 aliphatic heterocycles. The molecule has 3 aromatic rings. The summed E-state index contributed by atoms with van der Waals surface area (Å²) in [5.41, 5.74) is 1.54. The zero-order valence-corrected chi connectivity index (χ0v) is 20.8. The Hall–Kier alpha value is -4.78. The average molecular weight is 527 g/mol. The second-order valence-electron chi connectivity index (χ2n) is 10.0. The lowest BCUT2D eigenvalue weighted by Crippen LogP contribution is -2.34. The van der Waals surface area contributed by atoms with E-state index < -0.39 is 29.0 Å². The van der Waals surface area contributed by atoms with Crippen molar-refractivity contribution in [3.05, 3.63) is 98.0 Å². The van der Waals surface area contributed by atoms with Gasteiger partial charge in [0.15, 0.2) is 5.70 Å². The molecule has 3 heterocycles. The fourth-order valence-electron chi connectivity index (χ4n) is 5.47. The highest BCUT2D eigenvalue weighted by Gasteiger charge is 2.36. The molecule has 1 aliphatic carbocycles. The fraction of sp³-hybridized carbons (Fsp3) is 0.276. The number of carboxylic acid groups (broad SMARTS) is 1. The van der Waals surface area contributed by atoms with Crippen molar-refractivity contribution >= 4 is 34.4 Å². The first kappa shape index (κ1) is 24.6. The summed E-state index contributed by atoms with van der Waals surface area (Å²) in [5, 5.41) is 9.49. The van der Waals surface area contributed by atoms with E-state index in [2.05, 4.69) is 4.85 Å². The van der Waals surface area contributed by atoms with Gasteiger partial charge in [-0.15, -0.1) is 0 Å². The highest BCUT2D eigenvalue weighted by molar-refractivity contribution is 6.21. The van der Waals surface area contributed by atoms with Gasteiger partial charge in [0.25, 0.3) is 11.8 Å². The van der Waals surface area contributed by atoms with Crippen molar-refractivity contribution in [2.24, 2.45) is 0 Å². The van der Waals surface area contributed by atoms with E-state index in [1.54, 1.807) is 34.9 Å². The number of carbonyl (C=O) groups excluding carboxylic acids is 2. The molecule has 1 saturated carbocycles. The number of rotatable bonds is 5. The van der Waals surface area contributed by atoms with E-state index in [4.69, 9.17) is 6.57 Å².